The van der Waals surface area contributed by atoms with Crippen LogP contribution in [0.3, 0.4) is 0 Å². The molecule has 0 saturated heterocycles. The second-order valence-electron chi connectivity index (χ2n) is 4.06. The van der Waals surface area contributed by atoms with Gasteiger partial charge in [-0.05, 0) is 43.6 Å². The van der Waals surface area contributed by atoms with E-state index in [4.69, 9.17) is 5.73 Å². The molecule has 1 aromatic carbocycles. The molecule has 2 nitrogen and oxygen atoms in total. The SMILES string of the molecule is CCCN(CC)Cc1ccc(N)c(C)c1. The fourth-order valence-corrected chi connectivity index (χ4v) is 1.76. The van der Waals surface area contributed by atoms with E-state index in [1.54, 1.807) is 0 Å². The summed E-state index contributed by atoms with van der Waals surface area (Å²) in [6, 6.07) is 6.32. The standard InChI is InChI=1S/C13H22N2/c1-4-8-15(5-2)10-12-6-7-13(14)11(3)9-12/h6-7,9H,4-5,8,10,14H2,1-3H3. The van der Waals surface area contributed by atoms with Gasteiger partial charge in [0.15, 0.2) is 0 Å². The van der Waals surface area contributed by atoms with E-state index in [9.17, 15) is 0 Å². The van der Waals surface area contributed by atoms with Gasteiger partial charge in [0.25, 0.3) is 0 Å². The molecule has 0 saturated carbocycles. The molecular formula is C13H22N2. The smallest absolute Gasteiger partial charge is 0.0343 e. The van der Waals surface area contributed by atoms with Crippen LogP contribution in [-0.2, 0) is 6.54 Å². The molecule has 0 aliphatic carbocycles. The molecule has 1 rings (SSSR count). The number of nitrogen functional groups attached to an aromatic ring is 1. The maximum atomic E-state index is 5.80. The molecule has 0 unspecified atom stereocenters. The molecule has 0 radical (unpaired) electrons. The molecule has 0 atom stereocenters. The third kappa shape index (κ3) is 3.56. The number of nitrogens with two attached hydrogens (primary N) is 1. The van der Waals surface area contributed by atoms with E-state index in [2.05, 4.69) is 37.8 Å². The van der Waals surface area contributed by atoms with Crippen molar-refractivity contribution < 1.29 is 0 Å². The molecule has 0 heterocycles. The largest absolute Gasteiger partial charge is 0.399 e. The van der Waals surface area contributed by atoms with Crippen LogP contribution < -0.4 is 5.73 Å². The maximum absolute atomic E-state index is 5.80. The zero-order chi connectivity index (χ0) is 11.3. The van der Waals surface area contributed by atoms with Gasteiger partial charge in [-0.25, -0.2) is 0 Å². The number of nitrogens with zero attached hydrogens (tertiary/aromatic N) is 1. The monoisotopic (exact) mass is 206 g/mol. The van der Waals surface area contributed by atoms with Gasteiger partial charge >= 0.3 is 0 Å². The van der Waals surface area contributed by atoms with Gasteiger partial charge in [-0.15, -0.1) is 0 Å². The molecule has 84 valence electrons. The Labute approximate surface area is 93.1 Å². The lowest BCUT2D eigenvalue weighted by atomic mass is 10.1. The average Bonchev–Trinajstić information content (AvgIpc) is 2.23. The third-order valence-corrected chi connectivity index (χ3v) is 2.73. The summed E-state index contributed by atoms with van der Waals surface area (Å²) in [6.07, 6.45) is 1.21. The third-order valence-electron chi connectivity index (χ3n) is 2.73. The molecule has 1 aromatic rings. The first kappa shape index (κ1) is 12.1. The Kier molecular flexibility index (Phi) is 4.63. The lowest BCUT2D eigenvalue weighted by Gasteiger charge is -2.19. The van der Waals surface area contributed by atoms with Crippen molar-refractivity contribution >= 4 is 5.69 Å². The van der Waals surface area contributed by atoms with Gasteiger partial charge in [0.05, 0.1) is 0 Å². The van der Waals surface area contributed by atoms with Crippen molar-refractivity contribution in [3.63, 3.8) is 0 Å². The Morgan fingerprint density at radius 3 is 2.53 bits per heavy atom. The van der Waals surface area contributed by atoms with Crippen LogP contribution in [0.25, 0.3) is 0 Å². The van der Waals surface area contributed by atoms with Crippen molar-refractivity contribution in [2.45, 2.75) is 33.7 Å². The lowest BCUT2D eigenvalue weighted by Crippen LogP contribution is -2.23. The second-order valence-corrected chi connectivity index (χ2v) is 4.06. The first-order chi connectivity index (χ1) is 7.17. The normalized spacial score (nSPS) is 10.9. The van der Waals surface area contributed by atoms with Gasteiger partial charge in [0, 0.05) is 12.2 Å². The lowest BCUT2D eigenvalue weighted by molar-refractivity contribution is 0.280. The molecule has 0 bridgehead atoms. The van der Waals surface area contributed by atoms with Crippen molar-refractivity contribution in [2.24, 2.45) is 0 Å². The van der Waals surface area contributed by atoms with Crippen molar-refractivity contribution in [3.8, 4) is 0 Å². The van der Waals surface area contributed by atoms with E-state index in [1.165, 1.54) is 24.1 Å². The first-order valence-corrected chi connectivity index (χ1v) is 5.74. The number of benzene rings is 1. The van der Waals surface area contributed by atoms with Crippen LogP contribution in [0, 0.1) is 6.92 Å². The van der Waals surface area contributed by atoms with Crippen LogP contribution in [0.1, 0.15) is 31.4 Å². The number of aryl methyl sites for hydroxylation is 1. The molecule has 15 heavy (non-hydrogen) atoms. The molecular weight excluding hydrogens is 184 g/mol. The Balaban J connectivity index is 2.66. The number of anilines is 1. The van der Waals surface area contributed by atoms with E-state index in [0.29, 0.717) is 0 Å². The fourth-order valence-electron chi connectivity index (χ4n) is 1.76. The zero-order valence-electron chi connectivity index (χ0n) is 10.1. The summed E-state index contributed by atoms with van der Waals surface area (Å²) in [5.74, 6) is 0. The van der Waals surface area contributed by atoms with Crippen LogP contribution in [0.15, 0.2) is 18.2 Å². The van der Waals surface area contributed by atoms with Crippen LogP contribution in [0.5, 0.6) is 0 Å². The average molecular weight is 206 g/mol. The number of hydrogen-bond donors (Lipinski definition) is 1. The summed E-state index contributed by atoms with van der Waals surface area (Å²) in [5, 5.41) is 0. The quantitative estimate of drug-likeness (QED) is 0.751. The Morgan fingerprint density at radius 1 is 1.27 bits per heavy atom. The molecule has 2 heteroatoms. The van der Waals surface area contributed by atoms with Gasteiger partial charge in [-0.2, -0.15) is 0 Å². The Hall–Kier alpha value is -1.02. The summed E-state index contributed by atoms with van der Waals surface area (Å²) < 4.78 is 0. The van der Waals surface area contributed by atoms with E-state index in [0.717, 1.165) is 18.8 Å². The minimum atomic E-state index is 0.886. The van der Waals surface area contributed by atoms with Gasteiger partial charge < -0.3 is 5.73 Å². The topological polar surface area (TPSA) is 29.3 Å². The molecule has 2 N–H and O–H groups in total. The predicted molar refractivity (Wildman–Crippen MR) is 66.8 cm³/mol. The fraction of sp³-hybridized carbons (Fsp3) is 0.538. The van der Waals surface area contributed by atoms with Crippen molar-refractivity contribution in [3.05, 3.63) is 29.3 Å². The van der Waals surface area contributed by atoms with Crippen molar-refractivity contribution in [2.75, 3.05) is 18.8 Å². The Bertz CT molecular complexity index is 307. The minimum absolute atomic E-state index is 0.886. The molecule has 0 amide bonds. The molecule has 0 fully saturated rings. The van der Waals surface area contributed by atoms with Crippen LogP contribution in [0.4, 0.5) is 5.69 Å². The second kappa shape index (κ2) is 5.76. The summed E-state index contributed by atoms with van der Waals surface area (Å²) in [7, 11) is 0. The van der Waals surface area contributed by atoms with Gasteiger partial charge in [0.1, 0.15) is 0 Å². The van der Waals surface area contributed by atoms with E-state index in [-0.39, 0.29) is 0 Å². The summed E-state index contributed by atoms with van der Waals surface area (Å²) >= 11 is 0. The van der Waals surface area contributed by atoms with Crippen molar-refractivity contribution in [1.29, 1.82) is 0 Å². The van der Waals surface area contributed by atoms with Crippen LogP contribution >= 0.6 is 0 Å². The van der Waals surface area contributed by atoms with Crippen LogP contribution in [-0.4, -0.2) is 18.0 Å². The highest BCUT2D eigenvalue weighted by Crippen LogP contribution is 2.14. The summed E-state index contributed by atoms with van der Waals surface area (Å²) in [4.78, 5) is 2.45. The predicted octanol–water partition coefficient (Wildman–Crippen LogP) is 2.81. The van der Waals surface area contributed by atoms with Crippen LogP contribution in [0.2, 0.25) is 0 Å². The van der Waals surface area contributed by atoms with Gasteiger partial charge in [0.2, 0.25) is 0 Å². The van der Waals surface area contributed by atoms with Gasteiger partial charge in [-0.1, -0.05) is 26.0 Å². The highest BCUT2D eigenvalue weighted by Gasteiger charge is 2.03. The summed E-state index contributed by atoms with van der Waals surface area (Å²) in [5.41, 5.74) is 9.22. The van der Waals surface area contributed by atoms with E-state index >= 15 is 0 Å². The minimum Gasteiger partial charge on any atom is -0.399 e. The zero-order valence-corrected chi connectivity index (χ0v) is 10.1. The highest BCUT2D eigenvalue weighted by atomic mass is 15.1. The molecule has 0 aromatic heterocycles. The van der Waals surface area contributed by atoms with Gasteiger partial charge in [-0.3, -0.25) is 4.90 Å². The molecule has 0 spiro atoms. The Morgan fingerprint density at radius 2 is 2.00 bits per heavy atom. The highest BCUT2D eigenvalue weighted by molar-refractivity contribution is 5.47. The van der Waals surface area contributed by atoms with Crippen molar-refractivity contribution in [1.82, 2.24) is 4.90 Å². The van der Waals surface area contributed by atoms with E-state index in [1.807, 2.05) is 6.07 Å². The maximum Gasteiger partial charge on any atom is 0.0343 e. The van der Waals surface area contributed by atoms with E-state index < -0.39 is 0 Å². The first-order valence-electron chi connectivity index (χ1n) is 5.74. The number of rotatable bonds is 5. The molecule has 0 aliphatic heterocycles. The summed E-state index contributed by atoms with van der Waals surface area (Å²) in [6.45, 7) is 9.80. The number of hydrogen-bond acceptors (Lipinski definition) is 2. The molecule has 0 aliphatic rings.